The van der Waals surface area contributed by atoms with Crippen LogP contribution in [0.5, 0.6) is 0 Å². The fourth-order valence-electron chi connectivity index (χ4n) is 2.54. The van der Waals surface area contributed by atoms with E-state index in [0.29, 0.717) is 6.67 Å². The molecule has 2 aromatic carbocycles. The second kappa shape index (κ2) is 5.76. The maximum Gasteiger partial charge on any atom is 0.136 e. The molecule has 0 radical (unpaired) electrons. The van der Waals surface area contributed by atoms with Crippen molar-refractivity contribution >= 4 is 11.4 Å². The molecule has 1 aliphatic rings. The molecule has 0 aliphatic carbocycles. The molecule has 2 aromatic rings. The van der Waals surface area contributed by atoms with Gasteiger partial charge in [-0.3, -0.25) is 0 Å². The average Bonchev–Trinajstić information content (AvgIpc) is 2.55. The lowest BCUT2D eigenvalue weighted by Crippen LogP contribution is -2.23. The summed E-state index contributed by atoms with van der Waals surface area (Å²) >= 11 is 0. The SMILES string of the molecule is CC(C)(C)c1ccc(C2=CN=NCN2c2ccccc2)cc1. The second-order valence-corrected chi connectivity index (χ2v) is 6.50. The molecule has 0 amide bonds. The van der Waals surface area contributed by atoms with Gasteiger partial charge >= 0.3 is 0 Å². The van der Waals surface area contributed by atoms with E-state index in [0.717, 1.165) is 16.9 Å². The molecular weight excluding hydrogens is 270 g/mol. The Morgan fingerprint density at radius 2 is 1.59 bits per heavy atom. The van der Waals surface area contributed by atoms with Crippen LogP contribution in [-0.4, -0.2) is 6.67 Å². The zero-order valence-electron chi connectivity index (χ0n) is 13.3. The van der Waals surface area contributed by atoms with Crippen LogP contribution in [0.1, 0.15) is 31.9 Å². The van der Waals surface area contributed by atoms with Gasteiger partial charge in [0.15, 0.2) is 0 Å². The Morgan fingerprint density at radius 1 is 0.909 bits per heavy atom. The van der Waals surface area contributed by atoms with Gasteiger partial charge in [-0.25, -0.2) is 0 Å². The van der Waals surface area contributed by atoms with Crippen molar-refractivity contribution in [2.75, 3.05) is 11.6 Å². The van der Waals surface area contributed by atoms with Crippen molar-refractivity contribution in [1.82, 2.24) is 0 Å². The van der Waals surface area contributed by atoms with E-state index in [1.807, 2.05) is 24.4 Å². The fraction of sp³-hybridized carbons (Fsp3) is 0.263. The smallest absolute Gasteiger partial charge is 0.136 e. The van der Waals surface area contributed by atoms with Crippen molar-refractivity contribution in [1.29, 1.82) is 0 Å². The molecule has 22 heavy (non-hydrogen) atoms. The van der Waals surface area contributed by atoms with Crippen LogP contribution in [0.15, 0.2) is 71.0 Å². The standard InChI is InChI=1S/C19H21N3/c1-19(2,3)16-11-9-15(10-12-16)18-13-20-21-14-22(18)17-7-5-4-6-8-17/h4-13H,14H2,1-3H3. The number of hydrogen-bond acceptors (Lipinski definition) is 3. The van der Waals surface area contributed by atoms with Gasteiger partial charge in [0.2, 0.25) is 0 Å². The first kappa shape index (κ1) is 14.5. The Morgan fingerprint density at radius 3 is 2.23 bits per heavy atom. The highest BCUT2D eigenvalue weighted by Gasteiger charge is 2.18. The summed E-state index contributed by atoms with van der Waals surface area (Å²) in [5, 5.41) is 8.25. The van der Waals surface area contributed by atoms with Crippen molar-refractivity contribution in [3.05, 3.63) is 71.9 Å². The number of anilines is 1. The zero-order valence-corrected chi connectivity index (χ0v) is 13.3. The van der Waals surface area contributed by atoms with Crippen LogP contribution in [0.2, 0.25) is 0 Å². The molecule has 0 N–H and O–H groups in total. The molecule has 3 nitrogen and oxygen atoms in total. The Labute approximate surface area is 132 Å². The third-order valence-corrected chi connectivity index (χ3v) is 3.87. The summed E-state index contributed by atoms with van der Waals surface area (Å²) in [4.78, 5) is 2.18. The van der Waals surface area contributed by atoms with Crippen LogP contribution in [0.25, 0.3) is 5.70 Å². The minimum absolute atomic E-state index is 0.165. The van der Waals surface area contributed by atoms with Crippen molar-refractivity contribution < 1.29 is 0 Å². The van der Waals surface area contributed by atoms with Gasteiger partial charge in [-0.2, -0.15) is 10.2 Å². The Hall–Kier alpha value is -2.42. The predicted octanol–water partition coefficient (Wildman–Crippen LogP) is 5.21. The first-order valence-electron chi connectivity index (χ1n) is 7.56. The number of azo groups is 1. The van der Waals surface area contributed by atoms with Crippen LogP contribution in [-0.2, 0) is 5.41 Å². The van der Waals surface area contributed by atoms with Gasteiger partial charge in [-0.05, 0) is 28.7 Å². The van der Waals surface area contributed by atoms with Gasteiger partial charge in [0.05, 0.1) is 11.9 Å². The van der Waals surface area contributed by atoms with Gasteiger partial charge < -0.3 is 4.90 Å². The summed E-state index contributed by atoms with van der Waals surface area (Å²) in [6.07, 6.45) is 1.84. The zero-order chi connectivity index (χ0) is 15.6. The number of rotatable bonds is 2. The van der Waals surface area contributed by atoms with Gasteiger partial charge in [0.25, 0.3) is 0 Å². The van der Waals surface area contributed by atoms with E-state index < -0.39 is 0 Å². The summed E-state index contributed by atoms with van der Waals surface area (Å²) in [6, 6.07) is 19.0. The topological polar surface area (TPSA) is 28.0 Å². The first-order chi connectivity index (χ1) is 10.6. The molecule has 112 valence electrons. The Balaban J connectivity index is 1.95. The van der Waals surface area contributed by atoms with Crippen molar-refractivity contribution in [2.45, 2.75) is 26.2 Å². The van der Waals surface area contributed by atoms with E-state index in [2.05, 4.69) is 72.3 Å². The Bertz CT molecular complexity index is 692. The Kier molecular flexibility index (Phi) is 3.80. The van der Waals surface area contributed by atoms with E-state index in [9.17, 15) is 0 Å². The van der Waals surface area contributed by atoms with E-state index in [-0.39, 0.29) is 5.41 Å². The van der Waals surface area contributed by atoms with Crippen molar-refractivity contribution in [2.24, 2.45) is 10.2 Å². The average molecular weight is 291 g/mol. The third-order valence-electron chi connectivity index (χ3n) is 3.87. The highest BCUT2D eigenvalue weighted by molar-refractivity contribution is 5.79. The van der Waals surface area contributed by atoms with E-state index >= 15 is 0 Å². The molecule has 0 saturated carbocycles. The lowest BCUT2D eigenvalue weighted by Gasteiger charge is -2.27. The maximum atomic E-state index is 4.14. The van der Waals surface area contributed by atoms with Crippen LogP contribution < -0.4 is 4.90 Å². The lowest BCUT2D eigenvalue weighted by atomic mass is 9.86. The van der Waals surface area contributed by atoms with E-state index in [4.69, 9.17) is 0 Å². The molecule has 0 atom stereocenters. The van der Waals surface area contributed by atoms with E-state index in [1.54, 1.807) is 0 Å². The third kappa shape index (κ3) is 2.93. The molecule has 0 unspecified atom stereocenters. The number of benzene rings is 2. The maximum absolute atomic E-state index is 4.14. The minimum atomic E-state index is 0.165. The summed E-state index contributed by atoms with van der Waals surface area (Å²) in [6.45, 7) is 7.24. The van der Waals surface area contributed by atoms with Gasteiger partial charge in [0, 0.05) is 5.69 Å². The predicted molar refractivity (Wildman–Crippen MR) is 91.8 cm³/mol. The van der Waals surface area contributed by atoms with Crippen molar-refractivity contribution in [3.63, 3.8) is 0 Å². The minimum Gasteiger partial charge on any atom is -0.318 e. The van der Waals surface area contributed by atoms with Gasteiger partial charge in [-0.15, -0.1) is 0 Å². The molecule has 1 heterocycles. The van der Waals surface area contributed by atoms with E-state index in [1.165, 1.54) is 5.56 Å². The largest absolute Gasteiger partial charge is 0.318 e. The lowest BCUT2D eigenvalue weighted by molar-refractivity contribution is 0.590. The molecule has 0 saturated heterocycles. The normalized spacial score (nSPS) is 14.9. The van der Waals surface area contributed by atoms with Crippen molar-refractivity contribution in [3.8, 4) is 0 Å². The van der Waals surface area contributed by atoms with Crippen LogP contribution in [0.3, 0.4) is 0 Å². The van der Waals surface area contributed by atoms with Gasteiger partial charge in [-0.1, -0.05) is 63.2 Å². The molecule has 0 spiro atoms. The number of para-hydroxylation sites is 1. The van der Waals surface area contributed by atoms with Gasteiger partial charge in [0.1, 0.15) is 6.67 Å². The van der Waals surface area contributed by atoms with Crippen LogP contribution >= 0.6 is 0 Å². The fourth-order valence-corrected chi connectivity index (χ4v) is 2.54. The molecule has 1 aliphatic heterocycles. The second-order valence-electron chi connectivity index (χ2n) is 6.50. The molecule has 0 bridgehead atoms. The summed E-state index contributed by atoms with van der Waals surface area (Å²) in [5.41, 5.74) is 4.88. The highest BCUT2D eigenvalue weighted by Crippen LogP contribution is 2.30. The van der Waals surface area contributed by atoms with Crippen LogP contribution in [0.4, 0.5) is 5.69 Å². The molecule has 3 heteroatoms. The molecule has 0 fully saturated rings. The summed E-state index contributed by atoms with van der Waals surface area (Å²) < 4.78 is 0. The molecular formula is C19H21N3. The summed E-state index contributed by atoms with van der Waals surface area (Å²) in [5.74, 6) is 0. The molecule has 0 aromatic heterocycles. The number of hydrogen-bond donors (Lipinski definition) is 0. The first-order valence-corrected chi connectivity index (χ1v) is 7.56. The quantitative estimate of drug-likeness (QED) is 0.746. The summed E-state index contributed by atoms with van der Waals surface area (Å²) in [7, 11) is 0. The number of nitrogens with zero attached hydrogens (tertiary/aromatic N) is 3. The monoisotopic (exact) mass is 291 g/mol. The molecule has 3 rings (SSSR count). The van der Waals surface area contributed by atoms with Crippen LogP contribution in [0, 0.1) is 0 Å². The highest BCUT2D eigenvalue weighted by atomic mass is 15.3.